The Morgan fingerprint density at radius 1 is 1.19 bits per heavy atom. The first-order valence-corrected chi connectivity index (χ1v) is 7.76. The number of rotatable bonds is 4. The lowest BCUT2D eigenvalue weighted by Crippen LogP contribution is -2.28. The van der Waals surface area contributed by atoms with E-state index in [0.29, 0.717) is 11.1 Å². The van der Waals surface area contributed by atoms with Crippen LogP contribution < -0.4 is 4.31 Å². The summed E-state index contributed by atoms with van der Waals surface area (Å²) in [6.07, 6.45) is 0. The molecular weight excluding hydrogens is 293 g/mol. The highest BCUT2D eigenvalue weighted by Gasteiger charge is 2.25. The molecule has 0 aliphatic carbocycles. The van der Waals surface area contributed by atoms with Gasteiger partial charge in [0.05, 0.1) is 17.2 Å². The quantitative estimate of drug-likeness (QED) is 0.944. The van der Waals surface area contributed by atoms with Crippen LogP contribution in [0.3, 0.4) is 0 Å². The van der Waals surface area contributed by atoms with Gasteiger partial charge in [0.15, 0.2) is 0 Å². The first-order valence-electron chi connectivity index (χ1n) is 6.31. The van der Waals surface area contributed by atoms with Crippen LogP contribution in [0.25, 0.3) is 0 Å². The molecule has 21 heavy (non-hydrogen) atoms. The number of aliphatic hydroxyl groups excluding tert-OH is 1. The Morgan fingerprint density at radius 3 is 2.48 bits per heavy atom. The number of hydrogen-bond donors (Lipinski definition) is 1. The van der Waals surface area contributed by atoms with Crippen molar-refractivity contribution >= 4 is 15.7 Å². The molecule has 112 valence electrons. The van der Waals surface area contributed by atoms with E-state index >= 15 is 0 Å². The highest BCUT2D eigenvalue weighted by molar-refractivity contribution is 7.92. The van der Waals surface area contributed by atoms with Crippen molar-refractivity contribution in [1.29, 1.82) is 0 Å². The number of hydrogen-bond acceptors (Lipinski definition) is 3. The molecule has 0 fully saturated rings. The van der Waals surface area contributed by atoms with Gasteiger partial charge in [-0.15, -0.1) is 0 Å². The van der Waals surface area contributed by atoms with Crippen LogP contribution in [0.1, 0.15) is 11.1 Å². The molecule has 0 unspecified atom stereocenters. The van der Waals surface area contributed by atoms with Gasteiger partial charge in [-0.25, -0.2) is 12.8 Å². The molecule has 0 aliphatic heterocycles. The van der Waals surface area contributed by atoms with Crippen LogP contribution in [0.15, 0.2) is 47.4 Å². The number of aliphatic hydroxyl groups is 1. The minimum atomic E-state index is -3.90. The SMILES string of the molecule is Cc1ccc(CO)cc1S(=O)(=O)N(C)c1ccccc1F. The monoisotopic (exact) mass is 309 g/mol. The van der Waals surface area contributed by atoms with Gasteiger partial charge in [0, 0.05) is 7.05 Å². The van der Waals surface area contributed by atoms with Crippen molar-refractivity contribution in [3.8, 4) is 0 Å². The maximum atomic E-state index is 13.8. The minimum absolute atomic E-state index is 0.0219. The van der Waals surface area contributed by atoms with Crippen molar-refractivity contribution < 1.29 is 17.9 Å². The third-order valence-corrected chi connectivity index (χ3v) is 5.18. The molecule has 2 aromatic carbocycles. The van der Waals surface area contributed by atoms with Gasteiger partial charge in [0.25, 0.3) is 10.0 Å². The lowest BCUT2D eigenvalue weighted by atomic mass is 10.2. The van der Waals surface area contributed by atoms with Gasteiger partial charge in [-0.3, -0.25) is 4.31 Å². The zero-order chi connectivity index (χ0) is 15.6. The summed E-state index contributed by atoms with van der Waals surface area (Å²) in [6.45, 7) is 1.40. The van der Waals surface area contributed by atoms with Crippen molar-refractivity contribution in [1.82, 2.24) is 0 Å². The highest BCUT2D eigenvalue weighted by atomic mass is 32.2. The van der Waals surface area contributed by atoms with Crippen LogP contribution in [0.5, 0.6) is 0 Å². The van der Waals surface area contributed by atoms with Gasteiger partial charge >= 0.3 is 0 Å². The summed E-state index contributed by atoms with van der Waals surface area (Å²) in [5.41, 5.74) is 1.00. The molecule has 0 spiro atoms. The number of nitrogens with zero attached hydrogens (tertiary/aromatic N) is 1. The van der Waals surface area contributed by atoms with Crippen molar-refractivity contribution in [2.75, 3.05) is 11.4 Å². The molecule has 0 radical (unpaired) electrons. The Hall–Kier alpha value is -1.92. The molecule has 2 aromatic rings. The number of anilines is 1. The maximum Gasteiger partial charge on any atom is 0.264 e. The molecule has 0 saturated carbocycles. The van der Waals surface area contributed by atoms with Crippen LogP contribution in [-0.2, 0) is 16.6 Å². The molecule has 0 heterocycles. The summed E-state index contributed by atoms with van der Waals surface area (Å²) >= 11 is 0. The third-order valence-electron chi connectivity index (χ3n) is 3.27. The fourth-order valence-electron chi connectivity index (χ4n) is 2.00. The van der Waals surface area contributed by atoms with E-state index in [4.69, 9.17) is 5.11 Å². The molecule has 1 N–H and O–H groups in total. The summed E-state index contributed by atoms with van der Waals surface area (Å²) in [5, 5.41) is 9.15. The van der Waals surface area contributed by atoms with E-state index in [1.165, 1.54) is 31.3 Å². The number of aryl methyl sites for hydroxylation is 1. The van der Waals surface area contributed by atoms with Gasteiger partial charge in [0.2, 0.25) is 0 Å². The van der Waals surface area contributed by atoms with Gasteiger partial charge < -0.3 is 5.11 Å². The fourth-order valence-corrected chi connectivity index (χ4v) is 3.48. The van der Waals surface area contributed by atoms with Gasteiger partial charge in [-0.1, -0.05) is 24.3 Å². The number of sulfonamides is 1. The van der Waals surface area contributed by atoms with Crippen LogP contribution in [0.2, 0.25) is 0 Å². The summed E-state index contributed by atoms with van der Waals surface area (Å²) in [6, 6.07) is 10.3. The van der Waals surface area contributed by atoms with Crippen molar-refractivity contribution in [2.45, 2.75) is 18.4 Å². The Morgan fingerprint density at radius 2 is 1.86 bits per heavy atom. The van der Waals surface area contributed by atoms with Crippen LogP contribution >= 0.6 is 0 Å². The Kier molecular flexibility index (Phi) is 4.29. The van der Waals surface area contributed by atoms with E-state index in [1.807, 2.05) is 0 Å². The zero-order valence-corrected chi connectivity index (χ0v) is 12.6. The Bertz CT molecular complexity index is 759. The predicted octanol–water partition coefficient (Wildman–Crippen LogP) is 2.45. The molecule has 0 bridgehead atoms. The largest absolute Gasteiger partial charge is 0.392 e. The summed E-state index contributed by atoms with van der Waals surface area (Å²) in [4.78, 5) is 0.0554. The van der Waals surface area contributed by atoms with Gasteiger partial charge in [0.1, 0.15) is 5.82 Å². The second-order valence-corrected chi connectivity index (χ2v) is 6.62. The molecule has 0 saturated heterocycles. The molecular formula is C15H16FNO3S. The predicted molar refractivity (Wildman–Crippen MR) is 79.1 cm³/mol. The molecule has 0 amide bonds. The van der Waals surface area contributed by atoms with E-state index in [-0.39, 0.29) is 17.2 Å². The lowest BCUT2D eigenvalue weighted by Gasteiger charge is -2.21. The number of halogens is 1. The second-order valence-electron chi connectivity index (χ2n) is 4.68. The van der Waals surface area contributed by atoms with E-state index in [1.54, 1.807) is 25.1 Å². The second kappa shape index (κ2) is 5.83. The maximum absolute atomic E-state index is 13.8. The first kappa shape index (κ1) is 15.5. The minimum Gasteiger partial charge on any atom is -0.392 e. The summed E-state index contributed by atoms with van der Waals surface area (Å²) in [7, 11) is -2.59. The fraction of sp³-hybridized carbons (Fsp3) is 0.200. The topological polar surface area (TPSA) is 57.6 Å². The molecule has 2 rings (SSSR count). The normalized spacial score (nSPS) is 11.4. The van der Waals surface area contributed by atoms with Crippen LogP contribution in [0.4, 0.5) is 10.1 Å². The van der Waals surface area contributed by atoms with Gasteiger partial charge in [-0.2, -0.15) is 0 Å². The van der Waals surface area contributed by atoms with E-state index < -0.39 is 15.8 Å². The smallest absolute Gasteiger partial charge is 0.264 e. The molecule has 6 heteroatoms. The highest BCUT2D eigenvalue weighted by Crippen LogP contribution is 2.26. The summed E-state index contributed by atoms with van der Waals surface area (Å²) in [5.74, 6) is -0.612. The Balaban J connectivity index is 2.54. The van der Waals surface area contributed by atoms with Crippen molar-refractivity contribution in [2.24, 2.45) is 0 Å². The molecule has 0 aromatic heterocycles. The van der Waals surface area contributed by atoms with E-state index in [9.17, 15) is 12.8 Å². The van der Waals surface area contributed by atoms with Crippen molar-refractivity contribution in [3.63, 3.8) is 0 Å². The average molecular weight is 309 g/mol. The average Bonchev–Trinajstić information content (AvgIpc) is 2.47. The molecule has 4 nitrogen and oxygen atoms in total. The van der Waals surface area contributed by atoms with Crippen LogP contribution in [0, 0.1) is 12.7 Å². The Labute approximate surface area is 123 Å². The molecule has 0 atom stereocenters. The standard InChI is InChI=1S/C15H16FNO3S/c1-11-7-8-12(10-18)9-15(11)21(19,20)17(2)14-6-4-3-5-13(14)16/h3-9,18H,10H2,1-2H3. The zero-order valence-electron chi connectivity index (χ0n) is 11.7. The van der Waals surface area contributed by atoms with E-state index in [0.717, 1.165) is 4.31 Å². The van der Waals surface area contributed by atoms with Crippen LogP contribution in [-0.4, -0.2) is 20.6 Å². The van der Waals surface area contributed by atoms with E-state index in [2.05, 4.69) is 0 Å². The summed E-state index contributed by atoms with van der Waals surface area (Å²) < 4.78 is 40.0. The third kappa shape index (κ3) is 2.91. The first-order chi connectivity index (χ1) is 9.87. The number of para-hydroxylation sites is 1. The lowest BCUT2D eigenvalue weighted by molar-refractivity contribution is 0.281. The molecule has 0 aliphatic rings. The number of benzene rings is 2. The van der Waals surface area contributed by atoms with Gasteiger partial charge in [-0.05, 0) is 36.2 Å². The van der Waals surface area contributed by atoms with Crippen molar-refractivity contribution in [3.05, 3.63) is 59.4 Å².